The molecule has 21 heavy (non-hydrogen) atoms. The molecular weight excluding hydrogens is 377 g/mol. The first-order chi connectivity index (χ1) is 9.85. The van der Waals surface area contributed by atoms with Gasteiger partial charge in [-0.3, -0.25) is 4.99 Å². The van der Waals surface area contributed by atoms with Crippen molar-refractivity contribution in [3.8, 4) is 0 Å². The first-order valence-electron chi connectivity index (χ1n) is 8.45. The summed E-state index contributed by atoms with van der Waals surface area (Å²) in [6.45, 7) is 8.66. The van der Waals surface area contributed by atoms with Gasteiger partial charge < -0.3 is 15.4 Å². The van der Waals surface area contributed by atoms with Crippen LogP contribution in [0.4, 0.5) is 0 Å². The van der Waals surface area contributed by atoms with Crippen molar-refractivity contribution in [2.75, 3.05) is 32.8 Å². The van der Waals surface area contributed by atoms with E-state index in [-0.39, 0.29) is 24.0 Å². The Balaban J connectivity index is 0.00000220. The van der Waals surface area contributed by atoms with Crippen LogP contribution in [0.3, 0.4) is 0 Å². The van der Waals surface area contributed by atoms with Gasteiger partial charge in [-0.1, -0.05) is 0 Å². The summed E-state index contributed by atoms with van der Waals surface area (Å²) in [5.74, 6) is 3.79. The first kappa shape index (κ1) is 19.0. The molecule has 2 saturated carbocycles. The highest BCUT2D eigenvalue weighted by molar-refractivity contribution is 14.0. The smallest absolute Gasteiger partial charge is 0.191 e. The highest BCUT2D eigenvalue weighted by atomic mass is 127. The van der Waals surface area contributed by atoms with Gasteiger partial charge in [-0.2, -0.15) is 0 Å². The number of halogens is 1. The molecule has 0 saturated heterocycles. The zero-order valence-electron chi connectivity index (χ0n) is 13.6. The van der Waals surface area contributed by atoms with Crippen molar-refractivity contribution < 1.29 is 4.74 Å². The zero-order valence-corrected chi connectivity index (χ0v) is 15.9. The average molecular weight is 409 g/mol. The van der Waals surface area contributed by atoms with Gasteiger partial charge in [0, 0.05) is 32.8 Å². The number of rotatable bonds is 10. The van der Waals surface area contributed by atoms with Gasteiger partial charge in [-0.05, 0) is 63.7 Å². The molecule has 2 N–H and O–H groups in total. The van der Waals surface area contributed by atoms with Gasteiger partial charge in [0.1, 0.15) is 0 Å². The van der Waals surface area contributed by atoms with Gasteiger partial charge in [-0.15, -0.1) is 24.0 Å². The number of hydrogen-bond donors (Lipinski definition) is 2. The molecule has 0 radical (unpaired) electrons. The second-order valence-electron chi connectivity index (χ2n) is 6.04. The summed E-state index contributed by atoms with van der Waals surface area (Å²) >= 11 is 0. The van der Waals surface area contributed by atoms with Gasteiger partial charge in [0.05, 0.1) is 0 Å². The van der Waals surface area contributed by atoms with Crippen LogP contribution in [0.5, 0.6) is 0 Å². The standard InChI is InChI=1S/C16H31N3O.HI/c1-3-17-16(18-10-5-11-20-4-2)19-12-15(13-6-7-13)14-8-9-14;/h13-15H,3-12H2,1-2H3,(H2,17,18,19);1H. The molecule has 4 nitrogen and oxygen atoms in total. The molecule has 0 unspecified atom stereocenters. The van der Waals surface area contributed by atoms with Crippen LogP contribution in [0.15, 0.2) is 4.99 Å². The first-order valence-corrected chi connectivity index (χ1v) is 8.45. The molecule has 124 valence electrons. The normalized spacial score (nSPS) is 18.5. The summed E-state index contributed by atoms with van der Waals surface area (Å²) in [6.07, 6.45) is 6.79. The molecule has 0 aromatic heterocycles. The Kier molecular flexibility index (Phi) is 9.64. The summed E-state index contributed by atoms with van der Waals surface area (Å²) in [4.78, 5) is 4.81. The van der Waals surface area contributed by atoms with E-state index in [9.17, 15) is 0 Å². The van der Waals surface area contributed by atoms with E-state index in [1.54, 1.807) is 0 Å². The Bertz CT molecular complexity index is 292. The molecular formula is C16H32IN3O. The van der Waals surface area contributed by atoms with Crippen LogP contribution < -0.4 is 10.6 Å². The largest absolute Gasteiger partial charge is 0.382 e. The molecule has 0 aromatic carbocycles. The molecule has 0 spiro atoms. The highest BCUT2D eigenvalue weighted by Crippen LogP contribution is 2.49. The summed E-state index contributed by atoms with van der Waals surface area (Å²) in [6, 6.07) is 0. The Hall–Kier alpha value is -0.0400. The summed E-state index contributed by atoms with van der Waals surface area (Å²) in [5, 5.41) is 6.76. The van der Waals surface area contributed by atoms with Gasteiger partial charge in [0.2, 0.25) is 0 Å². The van der Waals surface area contributed by atoms with Crippen LogP contribution in [0.1, 0.15) is 46.0 Å². The number of nitrogens with zero attached hydrogens (tertiary/aromatic N) is 1. The maximum atomic E-state index is 5.35. The lowest BCUT2D eigenvalue weighted by Crippen LogP contribution is -2.38. The van der Waals surface area contributed by atoms with Crippen molar-refractivity contribution in [1.29, 1.82) is 0 Å². The third kappa shape index (κ3) is 7.68. The van der Waals surface area contributed by atoms with Gasteiger partial charge >= 0.3 is 0 Å². The Labute approximate surface area is 146 Å². The van der Waals surface area contributed by atoms with Crippen LogP contribution in [0.2, 0.25) is 0 Å². The second kappa shape index (κ2) is 10.6. The Morgan fingerprint density at radius 1 is 1.14 bits per heavy atom. The number of ether oxygens (including phenoxy) is 1. The quantitative estimate of drug-likeness (QED) is 0.252. The minimum Gasteiger partial charge on any atom is -0.382 e. The molecule has 2 aliphatic rings. The lowest BCUT2D eigenvalue weighted by atomic mass is 9.98. The Morgan fingerprint density at radius 3 is 2.33 bits per heavy atom. The molecule has 0 aliphatic heterocycles. The lowest BCUT2D eigenvalue weighted by Gasteiger charge is -2.15. The molecule has 2 fully saturated rings. The van der Waals surface area contributed by atoms with Crippen molar-refractivity contribution in [3.05, 3.63) is 0 Å². The topological polar surface area (TPSA) is 45.7 Å². The second-order valence-corrected chi connectivity index (χ2v) is 6.04. The van der Waals surface area contributed by atoms with Crippen molar-refractivity contribution in [1.82, 2.24) is 10.6 Å². The van der Waals surface area contributed by atoms with Crippen LogP contribution in [0, 0.1) is 17.8 Å². The van der Waals surface area contributed by atoms with Crippen LogP contribution in [0.25, 0.3) is 0 Å². The van der Waals surface area contributed by atoms with E-state index in [4.69, 9.17) is 9.73 Å². The minimum absolute atomic E-state index is 0. The maximum absolute atomic E-state index is 5.35. The predicted molar refractivity (Wildman–Crippen MR) is 99.4 cm³/mol. The Morgan fingerprint density at radius 2 is 1.81 bits per heavy atom. The van der Waals surface area contributed by atoms with Crippen molar-refractivity contribution in [2.24, 2.45) is 22.7 Å². The van der Waals surface area contributed by atoms with E-state index in [2.05, 4.69) is 17.6 Å². The van der Waals surface area contributed by atoms with E-state index in [1.165, 1.54) is 25.7 Å². The van der Waals surface area contributed by atoms with E-state index < -0.39 is 0 Å². The number of hydrogen-bond acceptors (Lipinski definition) is 2. The monoisotopic (exact) mass is 409 g/mol. The van der Waals surface area contributed by atoms with E-state index in [0.29, 0.717) is 0 Å². The third-order valence-corrected chi connectivity index (χ3v) is 4.22. The molecule has 0 aromatic rings. The van der Waals surface area contributed by atoms with Gasteiger partial charge in [-0.25, -0.2) is 0 Å². The molecule has 2 aliphatic carbocycles. The van der Waals surface area contributed by atoms with E-state index >= 15 is 0 Å². The molecule has 2 rings (SSSR count). The van der Waals surface area contributed by atoms with Crippen molar-refractivity contribution in [2.45, 2.75) is 46.0 Å². The molecule has 0 heterocycles. The van der Waals surface area contributed by atoms with Crippen molar-refractivity contribution in [3.63, 3.8) is 0 Å². The maximum Gasteiger partial charge on any atom is 0.191 e. The van der Waals surface area contributed by atoms with Crippen LogP contribution >= 0.6 is 24.0 Å². The molecule has 0 bridgehead atoms. The number of nitrogens with one attached hydrogen (secondary N) is 2. The fourth-order valence-electron chi connectivity index (χ4n) is 2.80. The summed E-state index contributed by atoms with van der Waals surface area (Å²) in [7, 11) is 0. The van der Waals surface area contributed by atoms with E-state index in [1.807, 2.05) is 6.92 Å². The SMILES string of the molecule is CCNC(=NCC(C1CC1)C1CC1)NCCCOCC.I. The fourth-order valence-corrected chi connectivity index (χ4v) is 2.80. The zero-order chi connectivity index (χ0) is 14.2. The van der Waals surface area contributed by atoms with Crippen LogP contribution in [-0.4, -0.2) is 38.8 Å². The lowest BCUT2D eigenvalue weighted by molar-refractivity contribution is 0.145. The number of guanidine groups is 1. The third-order valence-electron chi connectivity index (χ3n) is 4.22. The fraction of sp³-hybridized carbons (Fsp3) is 0.938. The highest BCUT2D eigenvalue weighted by Gasteiger charge is 2.41. The average Bonchev–Trinajstić information content (AvgIpc) is 3.31. The molecule has 5 heteroatoms. The number of aliphatic imine (C=N–C) groups is 1. The molecule has 0 amide bonds. The van der Waals surface area contributed by atoms with Gasteiger partial charge in [0.15, 0.2) is 5.96 Å². The predicted octanol–water partition coefficient (Wildman–Crippen LogP) is 3.02. The summed E-state index contributed by atoms with van der Waals surface area (Å²) < 4.78 is 5.35. The van der Waals surface area contributed by atoms with Crippen LogP contribution in [-0.2, 0) is 4.74 Å². The van der Waals surface area contributed by atoms with Gasteiger partial charge in [0.25, 0.3) is 0 Å². The van der Waals surface area contributed by atoms with Crippen molar-refractivity contribution >= 4 is 29.9 Å². The molecule has 0 atom stereocenters. The summed E-state index contributed by atoms with van der Waals surface area (Å²) in [5.41, 5.74) is 0. The van der Waals surface area contributed by atoms with E-state index in [0.717, 1.165) is 63.0 Å². The minimum atomic E-state index is 0.